The highest BCUT2D eigenvalue weighted by atomic mass is 32.2. The van der Waals surface area contributed by atoms with Crippen molar-refractivity contribution in [2.24, 2.45) is 7.05 Å². The molecule has 3 atom stereocenters. The first-order valence-corrected chi connectivity index (χ1v) is 8.14. The fraction of sp³-hybridized carbons (Fsp3) is 0.786. The molecule has 110 valence electrons. The van der Waals surface area contributed by atoms with E-state index in [1.54, 1.807) is 11.8 Å². The highest BCUT2D eigenvalue weighted by Gasteiger charge is 2.23. The number of aliphatic hydroxyl groups excluding tert-OH is 1. The number of thioether (sulfide) groups is 1. The van der Waals surface area contributed by atoms with Crippen molar-refractivity contribution in [3.8, 4) is 0 Å². The van der Waals surface area contributed by atoms with Crippen LogP contribution in [0.25, 0.3) is 0 Å². The predicted octanol–water partition coefficient (Wildman–Crippen LogP) is 2.19. The van der Waals surface area contributed by atoms with Gasteiger partial charge in [0.1, 0.15) is 0 Å². The van der Waals surface area contributed by atoms with Crippen molar-refractivity contribution in [1.82, 2.24) is 15.1 Å². The first-order valence-electron chi connectivity index (χ1n) is 6.85. The molecular formula is C14H27N3OS. The summed E-state index contributed by atoms with van der Waals surface area (Å²) in [6, 6.07) is 0.564. The van der Waals surface area contributed by atoms with Gasteiger partial charge in [0.15, 0.2) is 0 Å². The van der Waals surface area contributed by atoms with E-state index in [0.717, 1.165) is 12.1 Å². The van der Waals surface area contributed by atoms with E-state index in [0.29, 0.717) is 6.04 Å². The number of hydrogen-bond acceptors (Lipinski definition) is 4. The van der Waals surface area contributed by atoms with Gasteiger partial charge in [-0.05, 0) is 33.4 Å². The average Bonchev–Trinajstić information content (AvgIpc) is 2.62. The Kier molecular flexibility index (Phi) is 6.36. The van der Waals surface area contributed by atoms with Gasteiger partial charge in [-0.1, -0.05) is 6.92 Å². The van der Waals surface area contributed by atoms with Crippen molar-refractivity contribution in [2.45, 2.75) is 51.4 Å². The van der Waals surface area contributed by atoms with Crippen molar-refractivity contribution in [1.29, 1.82) is 0 Å². The lowest BCUT2D eigenvalue weighted by molar-refractivity contribution is 0.269. The molecule has 0 aliphatic carbocycles. The molecule has 0 amide bonds. The van der Waals surface area contributed by atoms with E-state index >= 15 is 0 Å². The summed E-state index contributed by atoms with van der Waals surface area (Å²) in [5, 5.41) is 17.8. The highest BCUT2D eigenvalue weighted by Crippen LogP contribution is 2.25. The maximum Gasteiger partial charge on any atom is 0.0644 e. The van der Waals surface area contributed by atoms with Gasteiger partial charge in [-0.15, -0.1) is 0 Å². The van der Waals surface area contributed by atoms with Crippen LogP contribution in [0.15, 0.2) is 0 Å². The van der Waals surface area contributed by atoms with Crippen LogP contribution >= 0.6 is 11.8 Å². The summed E-state index contributed by atoms with van der Waals surface area (Å²) >= 11 is 1.71. The molecule has 1 aromatic rings. The van der Waals surface area contributed by atoms with E-state index in [2.05, 4.69) is 38.1 Å². The Morgan fingerprint density at radius 2 is 2.05 bits per heavy atom. The molecule has 4 nitrogen and oxygen atoms in total. The largest absolute Gasteiger partial charge is 0.395 e. The first-order chi connectivity index (χ1) is 8.96. The highest BCUT2D eigenvalue weighted by molar-refractivity contribution is 7.99. The molecule has 1 heterocycles. The number of hydrogen-bond donors (Lipinski definition) is 2. The van der Waals surface area contributed by atoms with Gasteiger partial charge in [0.2, 0.25) is 0 Å². The summed E-state index contributed by atoms with van der Waals surface area (Å²) < 4.78 is 1.94. The molecule has 5 heteroatoms. The summed E-state index contributed by atoms with van der Waals surface area (Å²) in [7, 11) is 1.99. The van der Waals surface area contributed by atoms with E-state index in [1.165, 1.54) is 11.3 Å². The molecule has 3 unspecified atom stereocenters. The molecule has 0 radical (unpaired) electrons. The van der Waals surface area contributed by atoms with E-state index in [1.807, 2.05) is 18.0 Å². The topological polar surface area (TPSA) is 50.1 Å². The molecule has 0 aliphatic rings. The fourth-order valence-electron chi connectivity index (χ4n) is 2.56. The fourth-order valence-corrected chi connectivity index (χ4v) is 3.20. The van der Waals surface area contributed by atoms with E-state index in [-0.39, 0.29) is 17.9 Å². The smallest absolute Gasteiger partial charge is 0.0644 e. The molecule has 1 rings (SSSR count). The maximum atomic E-state index is 9.39. The molecule has 0 spiro atoms. The van der Waals surface area contributed by atoms with Crippen LogP contribution in [0.4, 0.5) is 0 Å². The molecule has 19 heavy (non-hydrogen) atoms. The number of aromatic nitrogens is 2. The summed E-state index contributed by atoms with van der Waals surface area (Å²) in [4.78, 5) is 0. The van der Waals surface area contributed by atoms with Crippen LogP contribution in [0, 0.1) is 13.8 Å². The standard InChI is InChI=1S/C14H27N3OS/c1-7-12(15-9(2)13(8-18)19-6)14-10(3)16-17(5)11(14)4/h9,12-13,15,18H,7-8H2,1-6H3. The Balaban J connectivity index is 2.89. The zero-order chi connectivity index (χ0) is 14.6. The minimum absolute atomic E-state index is 0.205. The first kappa shape index (κ1) is 16.5. The summed E-state index contributed by atoms with van der Waals surface area (Å²) in [6.45, 7) is 8.71. The Bertz CT molecular complexity index is 402. The lowest BCUT2D eigenvalue weighted by Gasteiger charge is -2.27. The van der Waals surface area contributed by atoms with Crippen molar-refractivity contribution in [3.05, 3.63) is 17.0 Å². The minimum Gasteiger partial charge on any atom is -0.395 e. The third-order valence-corrected chi connectivity index (χ3v) is 4.99. The molecule has 1 aromatic heterocycles. The summed E-state index contributed by atoms with van der Waals surface area (Å²) in [5.41, 5.74) is 3.61. The Hall–Kier alpha value is -0.520. The third-order valence-electron chi connectivity index (χ3n) is 3.83. The summed E-state index contributed by atoms with van der Waals surface area (Å²) in [6.07, 6.45) is 3.06. The zero-order valence-electron chi connectivity index (χ0n) is 12.9. The van der Waals surface area contributed by atoms with Crippen LogP contribution in [0.2, 0.25) is 0 Å². The lowest BCUT2D eigenvalue weighted by atomic mass is 10.0. The second-order valence-corrected chi connectivity index (χ2v) is 6.16. The second-order valence-electron chi connectivity index (χ2n) is 5.08. The Morgan fingerprint density at radius 1 is 1.42 bits per heavy atom. The van der Waals surface area contributed by atoms with Crippen LogP contribution in [0.3, 0.4) is 0 Å². The van der Waals surface area contributed by atoms with Gasteiger partial charge >= 0.3 is 0 Å². The van der Waals surface area contributed by atoms with Gasteiger partial charge in [-0.25, -0.2) is 0 Å². The Morgan fingerprint density at radius 3 is 2.42 bits per heavy atom. The van der Waals surface area contributed by atoms with Crippen molar-refractivity contribution < 1.29 is 5.11 Å². The number of aryl methyl sites for hydroxylation is 2. The van der Waals surface area contributed by atoms with Crippen LogP contribution < -0.4 is 5.32 Å². The predicted molar refractivity (Wildman–Crippen MR) is 82.7 cm³/mol. The molecule has 0 fully saturated rings. The van der Waals surface area contributed by atoms with Crippen LogP contribution in [-0.2, 0) is 7.05 Å². The van der Waals surface area contributed by atoms with E-state index < -0.39 is 0 Å². The zero-order valence-corrected chi connectivity index (χ0v) is 13.7. The van der Waals surface area contributed by atoms with Crippen molar-refractivity contribution in [3.63, 3.8) is 0 Å². The number of nitrogens with one attached hydrogen (secondary N) is 1. The normalized spacial score (nSPS) is 16.4. The van der Waals surface area contributed by atoms with Crippen LogP contribution in [0.1, 0.15) is 43.3 Å². The molecule has 0 aliphatic heterocycles. The number of aliphatic hydroxyl groups is 1. The number of rotatable bonds is 7. The van der Waals surface area contributed by atoms with E-state index in [9.17, 15) is 5.11 Å². The average molecular weight is 285 g/mol. The van der Waals surface area contributed by atoms with Gasteiger partial charge in [0.05, 0.1) is 12.3 Å². The third kappa shape index (κ3) is 3.74. The Labute approximate surface area is 121 Å². The van der Waals surface area contributed by atoms with Crippen LogP contribution in [-0.4, -0.2) is 39.0 Å². The van der Waals surface area contributed by atoms with E-state index in [4.69, 9.17) is 0 Å². The van der Waals surface area contributed by atoms with Gasteiger partial charge in [-0.2, -0.15) is 16.9 Å². The minimum atomic E-state index is 0.205. The molecule has 0 bridgehead atoms. The monoisotopic (exact) mass is 285 g/mol. The molecule has 2 N–H and O–H groups in total. The number of nitrogens with zero attached hydrogens (tertiary/aromatic N) is 2. The summed E-state index contributed by atoms with van der Waals surface area (Å²) in [5.74, 6) is 0. The van der Waals surface area contributed by atoms with Gasteiger partial charge < -0.3 is 10.4 Å². The SMILES string of the molecule is CCC(NC(C)C(CO)SC)c1c(C)nn(C)c1C. The van der Waals surface area contributed by atoms with Gasteiger partial charge in [0.25, 0.3) is 0 Å². The van der Waals surface area contributed by atoms with Gasteiger partial charge in [0, 0.05) is 35.6 Å². The molecule has 0 aromatic carbocycles. The van der Waals surface area contributed by atoms with Gasteiger partial charge in [-0.3, -0.25) is 4.68 Å². The molecule has 0 saturated heterocycles. The van der Waals surface area contributed by atoms with Crippen molar-refractivity contribution >= 4 is 11.8 Å². The quantitative estimate of drug-likeness (QED) is 0.806. The second kappa shape index (κ2) is 7.31. The van der Waals surface area contributed by atoms with Crippen molar-refractivity contribution in [2.75, 3.05) is 12.9 Å². The van der Waals surface area contributed by atoms with Crippen LogP contribution in [0.5, 0.6) is 0 Å². The lowest BCUT2D eigenvalue weighted by Crippen LogP contribution is -2.40. The molecule has 0 saturated carbocycles. The molecular weight excluding hydrogens is 258 g/mol. The maximum absolute atomic E-state index is 9.39.